The number of hydrogen-bond donors (Lipinski definition) is 1. The van der Waals surface area contributed by atoms with Crippen molar-refractivity contribution in [3.63, 3.8) is 0 Å². The molecule has 0 fully saturated rings. The van der Waals surface area contributed by atoms with Crippen molar-refractivity contribution in [3.05, 3.63) is 88.0 Å². The van der Waals surface area contributed by atoms with Crippen molar-refractivity contribution in [2.75, 3.05) is 12.4 Å². The fourth-order valence-corrected chi connectivity index (χ4v) is 3.80. The van der Waals surface area contributed by atoms with Gasteiger partial charge in [-0.3, -0.25) is 4.79 Å². The van der Waals surface area contributed by atoms with Crippen LogP contribution >= 0.6 is 0 Å². The molecule has 0 heterocycles. The summed E-state index contributed by atoms with van der Waals surface area (Å²) in [5.74, 6) is 1.37. The van der Waals surface area contributed by atoms with E-state index in [0.717, 1.165) is 52.1 Å². The summed E-state index contributed by atoms with van der Waals surface area (Å²) in [4.78, 5) is 13.1. The Kier molecular flexibility index (Phi) is 7.35. The second-order valence-electron chi connectivity index (χ2n) is 7.75. The molecule has 0 aliphatic carbocycles. The maximum absolute atomic E-state index is 13.1. The van der Waals surface area contributed by atoms with Gasteiger partial charge in [-0.15, -0.1) is 0 Å². The quantitative estimate of drug-likeness (QED) is 0.470. The highest BCUT2D eigenvalue weighted by atomic mass is 16.5. The van der Waals surface area contributed by atoms with E-state index in [1.807, 2.05) is 44.2 Å². The van der Waals surface area contributed by atoms with Gasteiger partial charge >= 0.3 is 0 Å². The summed E-state index contributed by atoms with van der Waals surface area (Å²) < 4.78 is 11.5. The Balaban J connectivity index is 1.84. The van der Waals surface area contributed by atoms with Crippen molar-refractivity contribution in [1.29, 1.82) is 0 Å². The molecule has 162 valence electrons. The van der Waals surface area contributed by atoms with Gasteiger partial charge < -0.3 is 14.8 Å². The Labute approximate surface area is 185 Å². The third-order valence-electron chi connectivity index (χ3n) is 5.37. The van der Waals surface area contributed by atoms with Crippen LogP contribution in [0.25, 0.3) is 0 Å². The number of carbonyl (C=O) groups excluding carboxylic acids is 1. The summed E-state index contributed by atoms with van der Waals surface area (Å²) >= 11 is 0. The average Bonchev–Trinajstić information content (AvgIpc) is 2.76. The first-order valence-electron chi connectivity index (χ1n) is 10.7. The van der Waals surface area contributed by atoms with Crippen LogP contribution in [0.3, 0.4) is 0 Å². The fraction of sp³-hybridized carbons (Fsp3) is 0.296. The first-order valence-corrected chi connectivity index (χ1v) is 10.7. The van der Waals surface area contributed by atoms with Crippen LogP contribution in [0.5, 0.6) is 11.5 Å². The summed E-state index contributed by atoms with van der Waals surface area (Å²) in [6.07, 6.45) is 1.72. The van der Waals surface area contributed by atoms with Crippen LogP contribution in [-0.2, 0) is 19.4 Å². The fourth-order valence-electron chi connectivity index (χ4n) is 3.80. The van der Waals surface area contributed by atoms with E-state index in [0.29, 0.717) is 17.9 Å². The van der Waals surface area contributed by atoms with Crippen molar-refractivity contribution < 1.29 is 14.3 Å². The Hall–Kier alpha value is -3.27. The maximum Gasteiger partial charge on any atom is 0.255 e. The molecular formula is C27H31NO3. The van der Waals surface area contributed by atoms with E-state index in [2.05, 4.69) is 37.4 Å². The van der Waals surface area contributed by atoms with E-state index in [1.165, 1.54) is 0 Å². The van der Waals surface area contributed by atoms with Gasteiger partial charge in [0.05, 0.1) is 7.11 Å². The zero-order chi connectivity index (χ0) is 22.4. The molecule has 0 saturated heterocycles. The number of ether oxygens (including phenoxy) is 2. The van der Waals surface area contributed by atoms with Gasteiger partial charge in [0, 0.05) is 16.8 Å². The molecule has 0 atom stereocenters. The predicted octanol–water partition coefficient (Wildman–Crippen LogP) is 6.27. The number of nitrogens with one attached hydrogen (secondary N) is 1. The number of anilines is 1. The Morgan fingerprint density at radius 2 is 1.52 bits per heavy atom. The summed E-state index contributed by atoms with van der Waals surface area (Å²) in [5, 5.41) is 3.13. The molecule has 0 aromatic heterocycles. The molecular weight excluding hydrogens is 386 g/mol. The SMILES string of the molecule is CCc1cccc(CC)c1NC(=O)c1ccc(OC)c(COc2cc(C)cc(C)c2)c1. The smallest absolute Gasteiger partial charge is 0.255 e. The van der Waals surface area contributed by atoms with Crippen molar-refractivity contribution >= 4 is 11.6 Å². The van der Waals surface area contributed by atoms with Gasteiger partial charge in [0.2, 0.25) is 0 Å². The molecule has 3 aromatic rings. The first kappa shape index (κ1) is 22.4. The lowest BCUT2D eigenvalue weighted by molar-refractivity contribution is 0.102. The second-order valence-corrected chi connectivity index (χ2v) is 7.75. The topological polar surface area (TPSA) is 47.6 Å². The molecule has 4 nitrogen and oxygen atoms in total. The lowest BCUT2D eigenvalue weighted by Gasteiger charge is -2.16. The minimum absolute atomic E-state index is 0.133. The predicted molar refractivity (Wildman–Crippen MR) is 126 cm³/mol. The molecule has 0 spiro atoms. The Bertz CT molecular complexity index is 1030. The van der Waals surface area contributed by atoms with E-state index in [1.54, 1.807) is 13.2 Å². The van der Waals surface area contributed by atoms with Gasteiger partial charge in [-0.2, -0.15) is 0 Å². The van der Waals surface area contributed by atoms with Crippen LogP contribution in [0, 0.1) is 13.8 Å². The number of para-hydroxylation sites is 1. The summed E-state index contributed by atoms with van der Waals surface area (Å²) in [6.45, 7) is 8.60. The Morgan fingerprint density at radius 1 is 0.871 bits per heavy atom. The van der Waals surface area contributed by atoms with Crippen LogP contribution in [0.2, 0.25) is 0 Å². The lowest BCUT2D eigenvalue weighted by atomic mass is 10.0. The number of amides is 1. The van der Waals surface area contributed by atoms with E-state index in [9.17, 15) is 4.79 Å². The van der Waals surface area contributed by atoms with Gasteiger partial charge in [0.15, 0.2) is 0 Å². The van der Waals surface area contributed by atoms with Gasteiger partial charge in [0.1, 0.15) is 18.1 Å². The second kappa shape index (κ2) is 10.2. The van der Waals surface area contributed by atoms with E-state index in [4.69, 9.17) is 9.47 Å². The van der Waals surface area contributed by atoms with E-state index < -0.39 is 0 Å². The highest BCUT2D eigenvalue weighted by Gasteiger charge is 2.14. The van der Waals surface area contributed by atoms with Crippen LogP contribution in [0.4, 0.5) is 5.69 Å². The number of hydrogen-bond acceptors (Lipinski definition) is 3. The first-order chi connectivity index (χ1) is 14.9. The number of rotatable bonds is 8. The molecule has 0 saturated carbocycles. The third kappa shape index (κ3) is 5.46. The molecule has 0 radical (unpaired) electrons. The minimum Gasteiger partial charge on any atom is -0.496 e. The van der Waals surface area contributed by atoms with Gasteiger partial charge in [0.25, 0.3) is 5.91 Å². The van der Waals surface area contributed by atoms with Gasteiger partial charge in [-0.05, 0) is 79.3 Å². The van der Waals surface area contributed by atoms with E-state index >= 15 is 0 Å². The van der Waals surface area contributed by atoms with Crippen molar-refractivity contribution in [2.45, 2.75) is 47.1 Å². The van der Waals surface area contributed by atoms with Crippen molar-refractivity contribution in [3.8, 4) is 11.5 Å². The molecule has 3 rings (SSSR count). The van der Waals surface area contributed by atoms with Crippen molar-refractivity contribution in [2.24, 2.45) is 0 Å². The molecule has 3 aromatic carbocycles. The highest BCUT2D eigenvalue weighted by molar-refractivity contribution is 6.05. The molecule has 4 heteroatoms. The van der Waals surface area contributed by atoms with Gasteiger partial charge in [-0.25, -0.2) is 0 Å². The molecule has 0 bridgehead atoms. The van der Waals surface area contributed by atoms with Crippen LogP contribution in [0.1, 0.15) is 52.0 Å². The van der Waals surface area contributed by atoms with Crippen molar-refractivity contribution in [1.82, 2.24) is 0 Å². The largest absolute Gasteiger partial charge is 0.496 e. The van der Waals surface area contributed by atoms with Crippen LogP contribution in [-0.4, -0.2) is 13.0 Å². The summed E-state index contributed by atoms with van der Waals surface area (Å²) in [5.41, 5.74) is 6.90. The van der Waals surface area contributed by atoms with Crippen LogP contribution in [0.15, 0.2) is 54.6 Å². The third-order valence-corrected chi connectivity index (χ3v) is 5.37. The number of methoxy groups -OCH3 is 1. The molecule has 0 aliphatic rings. The number of aryl methyl sites for hydroxylation is 4. The maximum atomic E-state index is 13.1. The van der Waals surface area contributed by atoms with E-state index in [-0.39, 0.29) is 5.91 Å². The monoisotopic (exact) mass is 417 g/mol. The summed E-state index contributed by atoms with van der Waals surface area (Å²) in [7, 11) is 1.63. The molecule has 1 N–H and O–H groups in total. The normalized spacial score (nSPS) is 10.6. The zero-order valence-electron chi connectivity index (χ0n) is 19.0. The lowest BCUT2D eigenvalue weighted by Crippen LogP contribution is -2.15. The number of benzene rings is 3. The van der Waals surface area contributed by atoms with Crippen LogP contribution < -0.4 is 14.8 Å². The standard InChI is InChI=1S/C27H31NO3/c1-6-20-9-8-10-21(7-2)26(20)28-27(29)22-11-12-25(30-5)23(16-22)17-31-24-14-18(3)13-19(4)15-24/h8-16H,6-7,17H2,1-5H3,(H,28,29). The zero-order valence-corrected chi connectivity index (χ0v) is 19.0. The number of carbonyl (C=O) groups is 1. The summed E-state index contributed by atoms with van der Waals surface area (Å²) in [6, 6.07) is 17.7. The average molecular weight is 418 g/mol. The molecule has 1 amide bonds. The molecule has 0 unspecified atom stereocenters. The Morgan fingerprint density at radius 3 is 2.10 bits per heavy atom. The molecule has 0 aliphatic heterocycles. The molecule has 31 heavy (non-hydrogen) atoms. The minimum atomic E-state index is -0.133. The van der Waals surface area contributed by atoms with Gasteiger partial charge in [-0.1, -0.05) is 38.1 Å². The highest BCUT2D eigenvalue weighted by Crippen LogP contribution is 2.26.